The Morgan fingerprint density at radius 2 is 2.05 bits per heavy atom. The highest BCUT2D eigenvalue weighted by Gasteiger charge is 2.32. The summed E-state index contributed by atoms with van der Waals surface area (Å²) in [5, 5.41) is 10.8. The number of aromatic nitrogens is 5. The first-order valence-corrected chi connectivity index (χ1v) is 7.47. The van der Waals surface area contributed by atoms with Gasteiger partial charge in [-0.2, -0.15) is 20.1 Å². The molecule has 1 fully saturated rings. The second-order valence-corrected chi connectivity index (χ2v) is 5.70. The van der Waals surface area contributed by atoms with Crippen molar-refractivity contribution in [1.82, 2.24) is 24.7 Å². The van der Waals surface area contributed by atoms with Crippen LogP contribution in [0, 0.1) is 0 Å². The van der Waals surface area contributed by atoms with Crippen LogP contribution < -0.4 is 10.6 Å². The van der Waals surface area contributed by atoms with Gasteiger partial charge in [0.2, 0.25) is 11.9 Å². The average molecular weight is 287 g/mol. The summed E-state index contributed by atoms with van der Waals surface area (Å²) in [6, 6.07) is 1.85. The smallest absolute Gasteiger partial charge is 0.257 e. The van der Waals surface area contributed by atoms with Crippen LogP contribution >= 0.6 is 0 Å². The van der Waals surface area contributed by atoms with Crippen molar-refractivity contribution in [2.24, 2.45) is 0 Å². The van der Waals surface area contributed by atoms with Gasteiger partial charge in [0.25, 0.3) is 5.95 Å². The Balaban J connectivity index is 1.88. The Morgan fingerprint density at radius 3 is 2.67 bits per heavy atom. The highest BCUT2D eigenvalue weighted by Crippen LogP contribution is 2.33. The number of nitrogens with zero attached hydrogens (tertiary/aromatic N) is 5. The second-order valence-electron chi connectivity index (χ2n) is 5.70. The van der Waals surface area contributed by atoms with E-state index in [4.69, 9.17) is 0 Å². The molecule has 21 heavy (non-hydrogen) atoms. The minimum Gasteiger partial charge on any atom is -0.354 e. The topological polar surface area (TPSA) is 80.5 Å². The zero-order valence-electron chi connectivity index (χ0n) is 12.5. The van der Waals surface area contributed by atoms with Crippen molar-refractivity contribution in [3.05, 3.63) is 18.5 Å². The molecule has 112 valence electrons. The minimum absolute atomic E-state index is 0.102. The molecule has 1 aliphatic carbocycles. The molecule has 0 radical (unpaired) electrons. The van der Waals surface area contributed by atoms with Gasteiger partial charge >= 0.3 is 0 Å². The Bertz CT molecular complexity index is 589. The Labute approximate surface area is 124 Å². The van der Waals surface area contributed by atoms with Gasteiger partial charge in [-0.25, -0.2) is 4.68 Å². The predicted octanol–water partition coefficient (Wildman–Crippen LogP) is 2.23. The quantitative estimate of drug-likeness (QED) is 0.848. The Morgan fingerprint density at radius 1 is 1.24 bits per heavy atom. The summed E-state index contributed by atoms with van der Waals surface area (Å²) in [5.41, 5.74) is 0.102. The SMILES string of the molecule is CCCNc1nc(NC2(C)CCC2)nc(-n2cccn2)n1. The van der Waals surface area contributed by atoms with E-state index in [1.165, 1.54) is 6.42 Å². The molecular formula is C14H21N7. The number of hydrogen-bond donors (Lipinski definition) is 2. The van der Waals surface area contributed by atoms with Gasteiger partial charge in [0, 0.05) is 24.5 Å². The third-order valence-corrected chi connectivity index (χ3v) is 3.74. The van der Waals surface area contributed by atoms with Crippen molar-refractivity contribution in [3.8, 4) is 5.95 Å². The van der Waals surface area contributed by atoms with Gasteiger partial charge in [0.1, 0.15) is 0 Å². The van der Waals surface area contributed by atoms with Crippen LogP contribution in [0.2, 0.25) is 0 Å². The summed E-state index contributed by atoms with van der Waals surface area (Å²) in [7, 11) is 0. The Hall–Kier alpha value is -2.18. The highest BCUT2D eigenvalue weighted by atomic mass is 15.4. The molecule has 2 aromatic heterocycles. The maximum absolute atomic E-state index is 4.48. The second kappa shape index (κ2) is 5.67. The lowest BCUT2D eigenvalue weighted by Gasteiger charge is -2.39. The largest absolute Gasteiger partial charge is 0.354 e. The lowest BCUT2D eigenvalue weighted by Crippen LogP contribution is -2.42. The third kappa shape index (κ3) is 3.12. The van der Waals surface area contributed by atoms with Gasteiger partial charge < -0.3 is 10.6 Å². The minimum atomic E-state index is 0.102. The fourth-order valence-corrected chi connectivity index (χ4v) is 2.33. The maximum atomic E-state index is 4.48. The van der Waals surface area contributed by atoms with Crippen LogP contribution in [0.4, 0.5) is 11.9 Å². The van der Waals surface area contributed by atoms with Crippen LogP contribution in [0.5, 0.6) is 0 Å². The molecule has 0 aliphatic heterocycles. The van der Waals surface area contributed by atoms with Gasteiger partial charge in [-0.1, -0.05) is 6.92 Å². The molecule has 0 atom stereocenters. The highest BCUT2D eigenvalue weighted by molar-refractivity contribution is 5.40. The van der Waals surface area contributed by atoms with E-state index >= 15 is 0 Å². The van der Waals surface area contributed by atoms with Gasteiger partial charge in [0.15, 0.2) is 0 Å². The van der Waals surface area contributed by atoms with Crippen LogP contribution in [0.15, 0.2) is 18.5 Å². The van der Waals surface area contributed by atoms with E-state index in [2.05, 4.69) is 44.5 Å². The van der Waals surface area contributed by atoms with E-state index in [0.717, 1.165) is 25.8 Å². The molecule has 2 aromatic rings. The first kappa shape index (κ1) is 13.8. The van der Waals surface area contributed by atoms with Gasteiger partial charge in [-0.05, 0) is 38.7 Å². The maximum Gasteiger partial charge on any atom is 0.257 e. The molecule has 0 unspecified atom stereocenters. The Kier molecular flexibility index (Phi) is 3.72. The molecule has 0 aromatic carbocycles. The van der Waals surface area contributed by atoms with Crippen LogP contribution in [0.3, 0.4) is 0 Å². The normalized spacial score (nSPS) is 16.3. The molecule has 1 saturated carbocycles. The zero-order chi connectivity index (χ0) is 14.7. The number of rotatable bonds is 6. The summed E-state index contributed by atoms with van der Waals surface area (Å²) in [5.74, 6) is 1.72. The van der Waals surface area contributed by atoms with E-state index in [-0.39, 0.29) is 5.54 Å². The zero-order valence-corrected chi connectivity index (χ0v) is 12.5. The van der Waals surface area contributed by atoms with E-state index in [0.29, 0.717) is 17.8 Å². The van der Waals surface area contributed by atoms with Crippen LogP contribution in [-0.2, 0) is 0 Å². The lowest BCUT2D eigenvalue weighted by atomic mass is 9.79. The molecule has 7 heteroatoms. The number of anilines is 2. The fourth-order valence-electron chi connectivity index (χ4n) is 2.33. The molecule has 0 spiro atoms. The number of hydrogen-bond acceptors (Lipinski definition) is 6. The van der Waals surface area contributed by atoms with Crippen molar-refractivity contribution in [1.29, 1.82) is 0 Å². The van der Waals surface area contributed by atoms with Crippen molar-refractivity contribution in [2.45, 2.75) is 45.1 Å². The molecule has 2 N–H and O–H groups in total. The molecule has 1 aliphatic rings. The summed E-state index contributed by atoms with van der Waals surface area (Å²) < 4.78 is 1.65. The predicted molar refractivity (Wildman–Crippen MR) is 81.6 cm³/mol. The average Bonchev–Trinajstić information content (AvgIpc) is 2.97. The van der Waals surface area contributed by atoms with Crippen LogP contribution in [-0.4, -0.2) is 36.8 Å². The molecular weight excluding hydrogens is 266 g/mol. The molecule has 0 amide bonds. The van der Waals surface area contributed by atoms with E-state index in [9.17, 15) is 0 Å². The van der Waals surface area contributed by atoms with Gasteiger partial charge in [0.05, 0.1) is 0 Å². The first-order chi connectivity index (χ1) is 10.2. The lowest BCUT2D eigenvalue weighted by molar-refractivity contribution is 0.304. The fraction of sp³-hybridized carbons (Fsp3) is 0.571. The monoisotopic (exact) mass is 287 g/mol. The first-order valence-electron chi connectivity index (χ1n) is 7.47. The van der Waals surface area contributed by atoms with Gasteiger partial charge in [-0.15, -0.1) is 0 Å². The van der Waals surface area contributed by atoms with Crippen LogP contribution in [0.25, 0.3) is 5.95 Å². The third-order valence-electron chi connectivity index (χ3n) is 3.74. The summed E-state index contributed by atoms with van der Waals surface area (Å²) in [6.45, 7) is 5.14. The van der Waals surface area contributed by atoms with Crippen LogP contribution in [0.1, 0.15) is 39.5 Å². The summed E-state index contributed by atoms with van der Waals surface area (Å²) >= 11 is 0. The molecule has 3 rings (SSSR count). The molecule has 0 bridgehead atoms. The van der Waals surface area contributed by atoms with Crippen molar-refractivity contribution < 1.29 is 0 Å². The van der Waals surface area contributed by atoms with Crippen molar-refractivity contribution in [2.75, 3.05) is 17.2 Å². The van der Waals surface area contributed by atoms with E-state index in [1.54, 1.807) is 10.9 Å². The number of nitrogens with one attached hydrogen (secondary N) is 2. The molecule has 7 nitrogen and oxygen atoms in total. The summed E-state index contributed by atoms with van der Waals surface area (Å²) in [6.07, 6.45) is 8.10. The van der Waals surface area contributed by atoms with Crippen molar-refractivity contribution >= 4 is 11.9 Å². The van der Waals surface area contributed by atoms with E-state index in [1.807, 2.05) is 12.3 Å². The standard InChI is InChI=1S/C14H21N7/c1-3-8-15-11-17-12(20-14(2)6-4-7-14)19-13(18-11)21-10-5-9-16-21/h5,9-10H,3-4,6-8H2,1-2H3,(H2,15,17,18,19,20). The molecule has 2 heterocycles. The van der Waals surface area contributed by atoms with Crippen molar-refractivity contribution in [3.63, 3.8) is 0 Å². The van der Waals surface area contributed by atoms with E-state index < -0.39 is 0 Å². The summed E-state index contributed by atoms with van der Waals surface area (Å²) in [4.78, 5) is 13.4. The van der Waals surface area contributed by atoms with Gasteiger partial charge in [-0.3, -0.25) is 0 Å². The molecule has 0 saturated heterocycles.